The molecular formula is C22H25ClN4O2. The summed E-state index contributed by atoms with van der Waals surface area (Å²) in [5, 5.41) is 7.50. The average Bonchev–Trinajstić information content (AvgIpc) is 2.74. The first kappa shape index (κ1) is 20.0. The van der Waals surface area contributed by atoms with Gasteiger partial charge in [-0.3, -0.25) is 14.8 Å². The van der Waals surface area contributed by atoms with Gasteiger partial charge in [-0.15, -0.1) is 0 Å². The number of piperidine rings is 1. The number of carbonyl (C=O) groups excluding carboxylic acids is 1. The smallest absolute Gasteiger partial charge is 0.170 e. The minimum absolute atomic E-state index is 0.0571. The Balaban J connectivity index is 1.43. The van der Waals surface area contributed by atoms with E-state index in [1.54, 1.807) is 24.4 Å². The lowest BCUT2D eigenvalue weighted by molar-refractivity contribution is 0.0998. The van der Waals surface area contributed by atoms with Gasteiger partial charge >= 0.3 is 0 Å². The van der Waals surface area contributed by atoms with Crippen LogP contribution in [0.3, 0.4) is 0 Å². The van der Waals surface area contributed by atoms with E-state index in [0.717, 1.165) is 25.3 Å². The van der Waals surface area contributed by atoms with Crippen molar-refractivity contribution in [2.24, 2.45) is 10.9 Å². The van der Waals surface area contributed by atoms with Crippen molar-refractivity contribution in [2.45, 2.75) is 25.8 Å². The fourth-order valence-corrected chi connectivity index (χ4v) is 3.92. The van der Waals surface area contributed by atoms with Crippen LogP contribution in [-0.2, 0) is 6.54 Å². The lowest BCUT2D eigenvalue weighted by Gasteiger charge is -2.23. The molecule has 0 atom stereocenters. The fourth-order valence-electron chi connectivity index (χ4n) is 3.74. The standard InChI is InChI=1S/C22H25ClN4O2/c23-16-2-1-3-18(10-16)29-14-17-11-21(28)19-6-9-26-20(22(19)27-17)13-25-12-15-4-7-24-8-5-15/h1-3,6,9-10,15,24-25H,4-5,7-8,11-14H2. The predicted molar refractivity (Wildman–Crippen MR) is 115 cm³/mol. The van der Waals surface area contributed by atoms with Crippen molar-refractivity contribution in [1.82, 2.24) is 15.6 Å². The highest BCUT2D eigenvalue weighted by atomic mass is 35.5. The largest absolute Gasteiger partial charge is 0.488 e. The van der Waals surface area contributed by atoms with Crippen molar-refractivity contribution in [1.29, 1.82) is 0 Å². The summed E-state index contributed by atoms with van der Waals surface area (Å²) < 4.78 is 5.78. The van der Waals surface area contributed by atoms with Gasteiger partial charge in [0.1, 0.15) is 12.4 Å². The number of ether oxygens (including phenoxy) is 1. The summed E-state index contributed by atoms with van der Waals surface area (Å²) in [4.78, 5) is 21.8. The van der Waals surface area contributed by atoms with Crippen molar-refractivity contribution >= 4 is 28.8 Å². The van der Waals surface area contributed by atoms with Gasteiger partial charge in [-0.1, -0.05) is 17.7 Å². The maximum absolute atomic E-state index is 12.6. The zero-order valence-corrected chi connectivity index (χ0v) is 17.0. The Morgan fingerprint density at radius 1 is 1.24 bits per heavy atom. The number of aliphatic imine (C=N–C) groups is 1. The second-order valence-corrected chi connectivity index (χ2v) is 7.94. The minimum Gasteiger partial charge on any atom is -0.488 e. The average molecular weight is 413 g/mol. The molecule has 1 aromatic carbocycles. The molecule has 4 rings (SSSR count). The number of nitrogens with one attached hydrogen (secondary N) is 2. The molecule has 0 saturated carbocycles. The molecule has 2 aliphatic rings. The predicted octanol–water partition coefficient (Wildman–Crippen LogP) is 3.56. The molecule has 1 saturated heterocycles. The molecule has 152 valence electrons. The second kappa shape index (κ2) is 9.48. The Kier molecular flexibility index (Phi) is 6.54. The van der Waals surface area contributed by atoms with Crippen LogP contribution < -0.4 is 15.4 Å². The van der Waals surface area contributed by atoms with Crippen LogP contribution >= 0.6 is 11.6 Å². The Hall–Kier alpha value is -2.28. The lowest BCUT2D eigenvalue weighted by atomic mass is 9.98. The number of benzene rings is 1. The third kappa shape index (κ3) is 5.21. The van der Waals surface area contributed by atoms with Crippen molar-refractivity contribution in [2.75, 3.05) is 26.2 Å². The molecule has 29 heavy (non-hydrogen) atoms. The highest BCUT2D eigenvalue weighted by Crippen LogP contribution is 2.29. The first-order valence-corrected chi connectivity index (χ1v) is 10.4. The number of nitrogens with zero attached hydrogens (tertiary/aromatic N) is 2. The van der Waals surface area contributed by atoms with Gasteiger partial charge in [-0.05, 0) is 62.7 Å². The molecule has 0 amide bonds. The normalized spacial score (nSPS) is 17.0. The van der Waals surface area contributed by atoms with Crippen molar-refractivity contribution in [3.8, 4) is 5.75 Å². The number of pyridine rings is 1. The van der Waals surface area contributed by atoms with Gasteiger partial charge in [0.2, 0.25) is 0 Å². The molecule has 0 radical (unpaired) electrons. The van der Waals surface area contributed by atoms with E-state index in [9.17, 15) is 4.79 Å². The SMILES string of the molecule is O=C1CC(COc2cccc(Cl)c2)=Nc2c1ccnc2CNCC1CCNCC1. The zero-order chi connectivity index (χ0) is 20.1. The van der Waals surface area contributed by atoms with Gasteiger partial charge < -0.3 is 15.4 Å². The van der Waals surface area contributed by atoms with Crippen LogP contribution in [0.2, 0.25) is 5.02 Å². The molecule has 0 unspecified atom stereocenters. The monoisotopic (exact) mass is 412 g/mol. The van der Waals surface area contributed by atoms with Crippen LogP contribution in [0.1, 0.15) is 35.3 Å². The quantitative estimate of drug-likeness (QED) is 0.727. The zero-order valence-electron chi connectivity index (χ0n) is 16.3. The summed E-state index contributed by atoms with van der Waals surface area (Å²) in [7, 11) is 0. The molecule has 6 nitrogen and oxygen atoms in total. The molecule has 0 spiro atoms. The van der Waals surface area contributed by atoms with Crippen molar-refractivity contribution in [3.63, 3.8) is 0 Å². The number of ketones is 1. The molecule has 0 aliphatic carbocycles. The van der Waals surface area contributed by atoms with E-state index in [1.807, 2.05) is 12.1 Å². The van der Waals surface area contributed by atoms with Crippen LogP contribution in [0.4, 0.5) is 5.69 Å². The first-order valence-electron chi connectivity index (χ1n) is 10.1. The van der Waals surface area contributed by atoms with Gasteiger partial charge in [0.25, 0.3) is 0 Å². The van der Waals surface area contributed by atoms with E-state index in [2.05, 4.69) is 15.6 Å². The summed E-state index contributed by atoms with van der Waals surface area (Å²) in [5.41, 5.74) is 2.83. The number of aromatic nitrogens is 1. The maximum Gasteiger partial charge on any atom is 0.170 e. The Labute approximate surface area is 175 Å². The second-order valence-electron chi connectivity index (χ2n) is 7.50. The summed E-state index contributed by atoms with van der Waals surface area (Å²) in [6.07, 6.45) is 4.34. The Bertz CT molecular complexity index is 909. The number of carbonyl (C=O) groups is 1. The number of halogens is 1. The van der Waals surface area contributed by atoms with E-state index < -0.39 is 0 Å². The molecule has 1 aromatic heterocycles. The van der Waals surface area contributed by atoms with Crippen LogP contribution in [-0.4, -0.2) is 42.7 Å². The van der Waals surface area contributed by atoms with Crippen molar-refractivity contribution < 1.29 is 9.53 Å². The first-order chi connectivity index (χ1) is 14.2. The summed E-state index contributed by atoms with van der Waals surface area (Å²) in [6, 6.07) is 8.96. The number of hydrogen-bond donors (Lipinski definition) is 2. The molecular weight excluding hydrogens is 388 g/mol. The topological polar surface area (TPSA) is 75.6 Å². The molecule has 0 bridgehead atoms. The molecule has 7 heteroatoms. The molecule has 1 fully saturated rings. The lowest BCUT2D eigenvalue weighted by Crippen LogP contribution is -2.33. The van der Waals surface area contributed by atoms with Crippen LogP contribution in [0.25, 0.3) is 0 Å². The van der Waals surface area contributed by atoms with Gasteiger partial charge in [-0.2, -0.15) is 0 Å². The Morgan fingerprint density at radius 3 is 2.93 bits per heavy atom. The highest BCUT2D eigenvalue weighted by molar-refractivity contribution is 6.30. The third-order valence-corrected chi connectivity index (χ3v) is 5.56. The van der Waals surface area contributed by atoms with Crippen molar-refractivity contribution in [3.05, 3.63) is 52.8 Å². The molecule has 3 heterocycles. The highest BCUT2D eigenvalue weighted by Gasteiger charge is 2.23. The maximum atomic E-state index is 12.6. The van der Waals surface area contributed by atoms with Crippen LogP contribution in [0.15, 0.2) is 41.5 Å². The number of rotatable bonds is 7. The van der Waals surface area contributed by atoms with E-state index >= 15 is 0 Å². The fraction of sp³-hybridized carbons (Fsp3) is 0.409. The van der Waals surface area contributed by atoms with Gasteiger partial charge in [0.15, 0.2) is 5.78 Å². The van der Waals surface area contributed by atoms with E-state index in [4.69, 9.17) is 21.3 Å². The van der Waals surface area contributed by atoms with E-state index in [0.29, 0.717) is 40.2 Å². The van der Waals surface area contributed by atoms with E-state index in [1.165, 1.54) is 12.8 Å². The number of Topliss-reactive ketones (excluding diaryl/α,β-unsaturated/α-hetero) is 1. The van der Waals surface area contributed by atoms with E-state index in [-0.39, 0.29) is 18.8 Å². The van der Waals surface area contributed by atoms with Crippen LogP contribution in [0, 0.1) is 5.92 Å². The van der Waals surface area contributed by atoms with Gasteiger partial charge in [0.05, 0.1) is 23.5 Å². The third-order valence-electron chi connectivity index (χ3n) is 5.32. The summed E-state index contributed by atoms with van der Waals surface area (Å²) >= 11 is 6.00. The van der Waals surface area contributed by atoms with Gasteiger partial charge in [0, 0.05) is 23.3 Å². The number of fused-ring (bicyclic) bond motifs is 1. The molecule has 2 N–H and O–H groups in total. The summed E-state index contributed by atoms with van der Waals surface area (Å²) in [6.45, 7) is 3.98. The number of hydrogen-bond acceptors (Lipinski definition) is 6. The summed E-state index contributed by atoms with van der Waals surface area (Å²) in [5.74, 6) is 1.40. The molecule has 2 aliphatic heterocycles. The van der Waals surface area contributed by atoms with Crippen LogP contribution in [0.5, 0.6) is 5.75 Å². The molecule has 2 aromatic rings. The Morgan fingerprint density at radius 2 is 2.10 bits per heavy atom. The van der Waals surface area contributed by atoms with Gasteiger partial charge in [-0.25, -0.2) is 0 Å². The minimum atomic E-state index is 0.0571.